The maximum atomic E-state index is 13.2. The molecular weight excluding hydrogens is 401 g/mol. The zero-order valence-corrected chi connectivity index (χ0v) is 15.0. The van der Waals surface area contributed by atoms with Crippen LogP contribution in [0, 0.1) is 6.92 Å². The molecule has 1 aromatic carbocycles. The van der Waals surface area contributed by atoms with Crippen molar-refractivity contribution in [2.45, 2.75) is 19.7 Å². The molecule has 6 nitrogen and oxygen atoms in total. The zero-order chi connectivity index (χ0) is 20.6. The molecule has 2 aromatic heterocycles. The van der Waals surface area contributed by atoms with Gasteiger partial charge in [0.15, 0.2) is 5.58 Å². The third kappa shape index (κ3) is 3.71. The van der Waals surface area contributed by atoms with Crippen molar-refractivity contribution in [1.82, 2.24) is 4.98 Å². The fraction of sp³-hybridized carbons (Fsp3) is 0.167. The highest BCUT2D eigenvalue weighted by Gasteiger charge is 2.34. The summed E-state index contributed by atoms with van der Waals surface area (Å²) in [5.74, 6) is -1.11. The first-order valence-corrected chi connectivity index (χ1v) is 8.21. The number of rotatable bonds is 3. The number of aromatic nitrogens is 1. The van der Waals surface area contributed by atoms with Gasteiger partial charge in [-0.3, -0.25) is 9.78 Å². The Kier molecular flexibility index (Phi) is 5.14. The Morgan fingerprint density at radius 2 is 2.04 bits per heavy atom. The van der Waals surface area contributed by atoms with Crippen molar-refractivity contribution in [2.24, 2.45) is 0 Å². The van der Waals surface area contributed by atoms with Gasteiger partial charge in [-0.05, 0) is 31.2 Å². The fourth-order valence-corrected chi connectivity index (χ4v) is 2.79. The summed E-state index contributed by atoms with van der Waals surface area (Å²) < 4.78 is 44.6. The number of nitrogens with zero attached hydrogens (tertiary/aromatic N) is 1. The Hall–Kier alpha value is -2.91. The lowest BCUT2D eigenvalue weighted by atomic mass is 10.1. The van der Waals surface area contributed by atoms with E-state index in [-0.39, 0.29) is 21.6 Å². The predicted molar refractivity (Wildman–Crippen MR) is 95.3 cm³/mol. The van der Waals surface area contributed by atoms with Crippen LogP contribution in [0.5, 0.6) is 0 Å². The Morgan fingerprint density at radius 1 is 1.32 bits per heavy atom. The van der Waals surface area contributed by atoms with Gasteiger partial charge in [0, 0.05) is 22.2 Å². The molecule has 0 aliphatic carbocycles. The molecule has 0 atom stereocenters. The smallest absolute Gasteiger partial charge is 0.418 e. The average Bonchev–Trinajstić information content (AvgIpc) is 2.61. The summed E-state index contributed by atoms with van der Waals surface area (Å²) in [4.78, 5) is 28.7. The number of carbonyl (C=O) groups excluding carboxylic acids is 1. The minimum absolute atomic E-state index is 0.0295. The van der Waals surface area contributed by atoms with Gasteiger partial charge in [-0.1, -0.05) is 11.6 Å². The van der Waals surface area contributed by atoms with E-state index in [4.69, 9.17) is 16.0 Å². The fourth-order valence-electron chi connectivity index (χ4n) is 2.62. The van der Waals surface area contributed by atoms with Gasteiger partial charge < -0.3 is 14.8 Å². The molecule has 0 saturated heterocycles. The molecule has 0 spiro atoms. The summed E-state index contributed by atoms with van der Waals surface area (Å²) in [6.07, 6.45) is -3.40. The molecule has 0 saturated carbocycles. The summed E-state index contributed by atoms with van der Waals surface area (Å²) in [6, 6.07) is 3.83. The maximum absolute atomic E-state index is 13.2. The number of anilines is 1. The highest BCUT2D eigenvalue weighted by Crippen LogP contribution is 2.36. The number of aliphatic hydroxyl groups is 1. The second-order valence-corrected chi connectivity index (χ2v) is 6.30. The Morgan fingerprint density at radius 3 is 2.68 bits per heavy atom. The Labute approximate surface area is 160 Å². The average molecular weight is 413 g/mol. The summed E-state index contributed by atoms with van der Waals surface area (Å²) in [5.41, 5.74) is -2.58. The molecule has 0 radical (unpaired) electrons. The molecule has 0 bridgehead atoms. The largest absolute Gasteiger partial charge is 0.420 e. The number of carbonyl (C=O) groups is 1. The van der Waals surface area contributed by atoms with Gasteiger partial charge in [-0.2, -0.15) is 13.2 Å². The van der Waals surface area contributed by atoms with Crippen molar-refractivity contribution in [3.05, 3.63) is 68.3 Å². The maximum Gasteiger partial charge on any atom is 0.418 e. The van der Waals surface area contributed by atoms with E-state index in [0.29, 0.717) is 5.69 Å². The van der Waals surface area contributed by atoms with Crippen molar-refractivity contribution in [3.8, 4) is 0 Å². The van der Waals surface area contributed by atoms with E-state index in [1.165, 1.54) is 6.20 Å². The quantitative estimate of drug-likeness (QED) is 0.680. The number of benzene rings is 1. The van der Waals surface area contributed by atoms with Crippen molar-refractivity contribution in [1.29, 1.82) is 0 Å². The molecule has 146 valence electrons. The van der Waals surface area contributed by atoms with E-state index in [1.54, 1.807) is 6.92 Å². The molecule has 0 unspecified atom stereocenters. The summed E-state index contributed by atoms with van der Waals surface area (Å²) in [5, 5.41) is 11.7. The second kappa shape index (κ2) is 7.25. The molecule has 3 rings (SSSR count). The number of aryl methyl sites for hydroxylation is 1. The molecule has 0 fully saturated rings. The van der Waals surface area contributed by atoms with Crippen LogP contribution in [0.3, 0.4) is 0 Å². The third-order valence-electron chi connectivity index (χ3n) is 3.99. The number of nitrogens with one attached hydrogen (secondary N) is 1. The van der Waals surface area contributed by atoms with Crippen molar-refractivity contribution >= 4 is 34.2 Å². The number of hydrogen-bond acceptors (Lipinski definition) is 5. The van der Waals surface area contributed by atoms with Crippen LogP contribution in [0.1, 0.15) is 27.2 Å². The number of amides is 1. The molecule has 2 heterocycles. The lowest BCUT2D eigenvalue weighted by molar-refractivity contribution is -0.136. The summed E-state index contributed by atoms with van der Waals surface area (Å²) in [6.45, 7) is 1.12. The van der Waals surface area contributed by atoms with E-state index < -0.39 is 41.1 Å². The zero-order valence-electron chi connectivity index (χ0n) is 14.2. The minimum Gasteiger partial charge on any atom is -0.420 e. The molecule has 1 amide bonds. The number of pyridine rings is 1. The first-order valence-electron chi connectivity index (χ1n) is 7.83. The second-order valence-electron chi connectivity index (χ2n) is 5.86. The monoisotopic (exact) mass is 412 g/mol. The number of fused-ring (bicyclic) bond motifs is 1. The summed E-state index contributed by atoms with van der Waals surface area (Å²) in [7, 11) is 0. The minimum atomic E-state index is -4.74. The van der Waals surface area contributed by atoms with Gasteiger partial charge in [-0.25, -0.2) is 4.79 Å². The first kappa shape index (κ1) is 19.8. The van der Waals surface area contributed by atoms with Crippen LogP contribution in [-0.4, -0.2) is 16.0 Å². The third-order valence-corrected chi connectivity index (χ3v) is 4.22. The van der Waals surface area contributed by atoms with Gasteiger partial charge in [0.2, 0.25) is 0 Å². The molecule has 3 aromatic rings. The van der Waals surface area contributed by atoms with E-state index in [9.17, 15) is 27.9 Å². The SMILES string of the molecule is Cc1ncc(CO)c2cc(C(=O)Nc3cc(Cl)ccc3C(F)(F)F)c(=O)oc12. The number of halogens is 4. The van der Waals surface area contributed by atoms with Crippen LogP contribution in [0.4, 0.5) is 18.9 Å². The molecule has 0 aliphatic rings. The van der Waals surface area contributed by atoms with Crippen LogP contribution < -0.4 is 10.9 Å². The van der Waals surface area contributed by atoms with Gasteiger partial charge >= 0.3 is 11.8 Å². The Bertz CT molecular complexity index is 1140. The molecule has 0 aliphatic heterocycles. The standard InChI is InChI=1S/C18H12ClF3N2O4/c1-8-15-11(9(7-25)6-23-8)5-12(17(27)28-15)16(26)24-14-4-10(19)2-3-13(14)18(20,21)22/h2-6,25H,7H2,1H3,(H,24,26). The van der Waals surface area contributed by atoms with E-state index in [1.807, 2.05) is 0 Å². The topological polar surface area (TPSA) is 92.4 Å². The van der Waals surface area contributed by atoms with Gasteiger partial charge in [0.05, 0.1) is 23.6 Å². The Balaban J connectivity index is 2.10. The predicted octanol–water partition coefficient (Wildman–Crippen LogP) is 3.91. The molecular formula is C18H12ClF3N2O4. The molecule has 2 N–H and O–H groups in total. The molecule has 28 heavy (non-hydrogen) atoms. The normalized spacial score (nSPS) is 11.6. The first-order chi connectivity index (χ1) is 13.1. The van der Waals surface area contributed by atoms with E-state index >= 15 is 0 Å². The van der Waals surface area contributed by atoms with Crippen LogP contribution in [-0.2, 0) is 12.8 Å². The van der Waals surface area contributed by atoms with Crippen LogP contribution in [0.25, 0.3) is 11.0 Å². The van der Waals surface area contributed by atoms with E-state index in [0.717, 1.165) is 24.3 Å². The lowest BCUT2D eigenvalue weighted by Crippen LogP contribution is -2.22. The van der Waals surface area contributed by atoms with E-state index in [2.05, 4.69) is 10.3 Å². The van der Waals surface area contributed by atoms with Crippen LogP contribution in [0.2, 0.25) is 5.02 Å². The van der Waals surface area contributed by atoms with Gasteiger partial charge in [-0.15, -0.1) is 0 Å². The number of alkyl halides is 3. The van der Waals surface area contributed by atoms with Crippen LogP contribution >= 0.6 is 11.6 Å². The van der Waals surface area contributed by atoms with Crippen molar-refractivity contribution in [2.75, 3.05) is 5.32 Å². The lowest BCUT2D eigenvalue weighted by Gasteiger charge is -2.14. The van der Waals surface area contributed by atoms with Gasteiger partial charge in [0.1, 0.15) is 5.56 Å². The number of aliphatic hydroxyl groups excluding tert-OH is 1. The van der Waals surface area contributed by atoms with Crippen LogP contribution in [0.15, 0.2) is 39.7 Å². The molecule has 10 heteroatoms. The number of hydrogen-bond donors (Lipinski definition) is 2. The highest BCUT2D eigenvalue weighted by molar-refractivity contribution is 6.31. The van der Waals surface area contributed by atoms with Crippen molar-refractivity contribution < 1.29 is 27.5 Å². The highest BCUT2D eigenvalue weighted by atomic mass is 35.5. The van der Waals surface area contributed by atoms with Gasteiger partial charge in [0.25, 0.3) is 5.91 Å². The summed E-state index contributed by atoms with van der Waals surface area (Å²) >= 11 is 5.73. The van der Waals surface area contributed by atoms with Crippen molar-refractivity contribution in [3.63, 3.8) is 0 Å².